The summed E-state index contributed by atoms with van der Waals surface area (Å²) in [5.74, 6) is 0.316. The first-order chi connectivity index (χ1) is 18.5. The molecule has 0 saturated heterocycles. The molecule has 6 heteroatoms. The summed E-state index contributed by atoms with van der Waals surface area (Å²) in [7, 11) is 1.69. The predicted octanol–water partition coefficient (Wildman–Crippen LogP) is 7.25. The maximum atomic E-state index is 14.0. The molecule has 0 unspecified atom stereocenters. The van der Waals surface area contributed by atoms with Gasteiger partial charge in [-0.2, -0.15) is 0 Å². The van der Waals surface area contributed by atoms with Gasteiger partial charge in [0, 0.05) is 65.5 Å². The van der Waals surface area contributed by atoms with E-state index in [4.69, 9.17) is 21.1 Å². The molecule has 0 amide bonds. The van der Waals surface area contributed by atoms with Crippen molar-refractivity contribution in [2.45, 2.75) is 65.9 Å². The van der Waals surface area contributed by atoms with Gasteiger partial charge < -0.3 is 14.4 Å². The lowest BCUT2D eigenvalue weighted by Crippen LogP contribution is -2.45. The standard InChI is InChI=1S/C33H38ClNO4/c1-32(2)16-24-30(26(36)18-32)29(31-25(35(24)13-14-38-5)17-33(3,4)19-27(31)37)23-15-22(34)11-12-28(23)39-20-21-9-7-6-8-10-21/h6-12,15,29H,13-14,16-20H2,1-5H3. The molecular weight excluding hydrogens is 510 g/mol. The fraction of sp³-hybridized carbons (Fsp3) is 0.455. The number of methoxy groups -OCH3 is 1. The smallest absolute Gasteiger partial charge is 0.162 e. The lowest BCUT2D eigenvalue weighted by Gasteiger charge is -2.49. The third kappa shape index (κ3) is 5.57. The van der Waals surface area contributed by atoms with Crippen LogP contribution in [0.1, 0.15) is 70.4 Å². The van der Waals surface area contributed by atoms with Crippen LogP contribution in [-0.4, -0.2) is 36.7 Å². The van der Waals surface area contributed by atoms with Crippen LogP contribution in [0.25, 0.3) is 0 Å². The molecular formula is C33H38ClNO4. The van der Waals surface area contributed by atoms with Gasteiger partial charge in [-0.05, 0) is 47.4 Å². The van der Waals surface area contributed by atoms with Crippen molar-refractivity contribution in [1.82, 2.24) is 4.90 Å². The lowest BCUT2D eigenvalue weighted by atomic mass is 9.63. The Labute approximate surface area is 236 Å². The van der Waals surface area contributed by atoms with Crippen LogP contribution in [0.2, 0.25) is 5.02 Å². The normalized spacial score (nSPS) is 20.7. The maximum Gasteiger partial charge on any atom is 0.162 e. The summed E-state index contributed by atoms with van der Waals surface area (Å²) in [6.45, 7) is 10.1. The highest BCUT2D eigenvalue weighted by atomic mass is 35.5. The Bertz CT molecular complexity index is 1300. The molecule has 2 aromatic rings. The van der Waals surface area contributed by atoms with E-state index in [9.17, 15) is 9.59 Å². The number of ether oxygens (including phenoxy) is 2. The van der Waals surface area contributed by atoms with Gasteiger partial charge in [-0.25, -0.2) is 0 Å². The van der Waals surface area contributed by atoms with Gasteiger partial charge in [0.05, 0.1) is 6.61 Å². The molecule has 0 N–H and O–H groups in total. The molecule has 206 valence electrons. The molecule has 1 aliphatic heterocycles. The minimum absolute atomic E-state index is 0.0897. The number of hydrogen-bond donors (Lipinski definition) is 0. The first-order valence-electron chi connectivity index (χ1n) is 13.7. The Morgan fingerprint density at radius 1 is 0.872 bits per heavy atom. The molecule has 5 rings (SSSR count). The zero-order chi connectivity index (χ0) is 27.9. The fourth-order valence-corrected chi connectivity index (χ4v) is 6.60. The summed E-state index contributed by atoms with van der Waals surface area (Å²) in [6, 6.07) is 15.5. The third-order valence-electron chi connectivity index (χ3n) is 8.06. The summed E-state index contributed by atoms with van der Waals surface area (Å²) >= 11 is 6.58. The number of hydrogen-bond acceptors (Lipinski definition) is 5. The van der Waals surface area contributed by atoms with Crippen LogP contribution in [0, 0.1) is 10.8 Å². The van der Waals surface area contributed by atoms with Gasteiger partial charge >= 0.3 is 0 Å². The first kappa shape index (κ1) is 27.7. The number of carbonyl (C=O) groups is 2. The Balaban J connectivity index is 1.71. The van der Waals surface area contributed by atoms with Crippen LogP contribution >= 0.6 is 11.6 Å². The second-order valence-electron chi connectivity index (χ2n) is 12.6. The Morgan fingerprint density at radius 3 is 2.03 bits per heavy atom. The Kier molecular flexibility index (Phi) is 7.51. The van der Waals surface area contributed by atoms with E-state index < -0.39 is 5.92 Å². The number of ketones is 2. The van der Waals surface area contributed by atoms with Crippen LogP contribution in [0.4, 0.5) is 0 Å². The van der Waals surface area contributed by atoms with E-state index in [0.29, 0.717) is 54.5 Å². The van der Waals surface area contributed by atoms with Crippen molar-refractivity contribution >= 4 is 23.2 Å². The van der Waals surface area contributed by atoms with Gasteiger partial charge in [-0.3, -0.25) is 9.59 Å². The van der Waals surface area contributed by atoms with E-state index in [-0.39, 0.29) is 22.4 Å². The monoisotopic (exact) mass is 547 g/mol. The minimum Gasteiger partial charge on any atom is -0.489 e. The molecule has 0 spiro atoms. The SMILES string of the molecule is COCCN1C2=C(C(=O)CC(C)(C)C2)C(c2cc(Cl)ccc2OCc2ccccc2)C2=C1CC(C)(C)CC2=O. The number of Topliss-reactive ketones (excluding diaryl/α,β-unsaturated/α-hetero) is 2. The van der Waals surface area contributed by atoms with Gasteiger partial charge in [-0.15, -0.1) is 0 Å². The molecule has 39 heavy (non-hydrogen) atoms. The van der Waals surface area contributed by atoms with Gasteiger partial charge in [0.1, 0.15) is 12.4 Å². The third-order valence-corrected chi connectivity index (χ3v) is 8.30. The maximum absolute atomic E-state index is 14.0. The molecule has 2 aliphatic carbocycles. The van der Waals surface area contributed by atoms with Crippen LogP contribution in [0.15, 0.2) is 71.1 Å². The van der Waals surface area contributed by atoms with Gasteiger partial charge in [0.15, 0.2) is 11.6 Å². The second kappa shape index (κ2) is 10.6. The summed E-state index contributed by atoms with van der Waals surface area (Å²) in [5, 5.41) is 0.551. The number of nitrogens with zero attached hydrogens (tertiary/aromatic N) is 1. The molecule has 0 radical (unpaired) electrons. The zero-order valence-corrected chi connectivity index (χ0v) is 24.4. The summed E-state index contributed by atoms with van der Waals surface area (Å²) in [5.41, 5.74) is 4.91. The molecule has 0 fully saturated rings. The highest BCUT2D eigenvalue weighted by Crippen LogP contribution is 2.55. The summed E-state index contributed by atoms with van der Waals surface area (Å²) in [6.07, 6.45) is 2.37. The van der Waals surface area contributed by atoms with Crippen molar-refractivity contribution in [3.05, 3.63) is 87.2 Å². The number of halogens is 1. The quantitative estimate of drug-likeness (QED) is 0.365. The first-order valence-corrected chi connectivity index (χ1v) is 14.1. The van der Waals surface area contributed by atoms with Crippen LogP contribution in [0.3, 0.4) is 0 Å². The van der Waals surface area contributed by atoms with Crippen molar-refractivity contribution < 1.29 is 19.1 Å². The zero-order valence-electron chi connectivity index (χ0n) is 23.6. The summed E-state index contributed by atoms with van der Waals surface area (Å²) < 4.78 is 11.9. The number of benzene rings is 2. The molecule has 0 bridgehead atoms. The van der Waals surface area contributed by atoms with E-state index in [1.54, 1.807) is 13.2 Å². The average molecular weight is 548 g/mol. The van der Waals surface area contributed by atoms with Gasteiger partial charge in [0.2, 0.25) is 0 Å². The molecule has 5 nitrogen and oxygen atoms in total. The number of allylic oxidation sites excluding steroid dienone is 4. The second-order valence-corrected chi connectivity index (χ2v) is 13.1. The van der Waals surface area contributed by atoms with Crippen molar-refractivity contribution in [2.75, 3.05) is 20.3 Å². The topological polar surface area (TPSA) is 55.8 Å². The summed E-state index contributed by atoms with van der Waals surface area (Å²) in [4.78, 5) is 30.2. The molecule has 1 heterocycles. The molecule has 0 aromatic heterocycles. The number of carbonyl (C=O) groups excluding carboxylic acids is 2. The molecule has 0 saturated carbocycles. The van der Waals surface area contributed by atoms with Crippen molar-refractivity contribution in [2.24, 2.45) is 10.8 Å². The van der Waals surface area contributed by atoms with E-state index in [0.717, 1.165) is 35.4 Å². The Hall–Kier alpha value is -2.89. The van der Waals surface area contributed by atoms with Crippen LogP contribution in [0.5, 0.6) is 5.75 Å². The van der Waals surface area contributed by atoms with E-state index in [1.807, 2.05) is 42.5 Å². The lowest BCUT2D eigenvalue weighted by molar-refractivity contribution is -0.119. The van der Waals surface area contributed by atoms with E-state index in [1.165, 1.54) is 0 Å². The predicted molar refractivity (Wildman–Crippen MR) is 154 cm³/mol. The van der Waals surface area contributed by atoms with E-state index in [2.05, 4.69) is 32.6 Å². The fourth-order valence-electron chi connectivity index (χ4n) is 6.42. The highest BCUT2D eigenvalue weighted by Gasteiger charge is 2.49. The van der Waals surface area contributed by atoms with Crippen molar-refractivity contribution in [1.29, 1.82) is 0 Å². The van der Waals surface area contributed by atoms with Crippen molar-refractivity contribution in [3.8, 4) is 5.75 Å². The van der Waals surface area contributed by atoms with Gasteiger partial charge in [0.25, 0.3) is 0 Å². The number of rotatable bonds is 7. The highest BCUT2D eigenvalue weighted by molar-refractivity contribution is 6.30. The minimum atomic E-state index is -0.509. The van der Waals surface area contributed by atoms with Gasteiger partial charge in [-0.1, -0.05) is 69.6 Å². The van der Waals surface area contributed by atoms with Crippen molar-refractivity contribution in [3.63, 3.8) is 0 Å². The molecule has 0 atom stereocenters. The largest absolute Gasteiger partial charge is 0.489 e. The average Bonchev–Trinajstić information content (AvgIpc) is 2.85. The molecule has 2 aromatic carbocycles. The molecule has 3 aliphatic rings. The van der Waals surface area contributed by atoms with E-state index >= 15 is 0 Å². The Morgan fingerprint density at radius 2 is 1.46 bits per heavy atom. The van der Waals surface area contributed by atoms with Crippen LogP contribution < -0.4 is 4.74 Å². The van der Waals surface area contributed by atoms with Crippen LogP contribution in [-0.2, 0) is 20.9 Å².